The van der Waals surface area contributed by atoms with Crippen LogP contribution in [-0.2, 0) is 6.54 Å². The summed E-state index contributed by atoms with van der Waals surface area (Å²) < 4.78 is 6.34. The molecule has 0 amide bonds. The van der Waals surface area contributed by atoms with Gasteiger partial charge in [-0.25, -0.2) is 4.98 Å². The Morgan fingerprint density at radius 2 is 2.20 bits per heavy atom. The molecule has 0 saturated heterocycles. The minimum absolute atomic E-state index is 0.684. The first-order valence-electron chi connectivity index (χ1n) is 6.35. The van der Waals surface area contributed by atoms with Crippen LogP contribution in [-0.4, -0.2) is 17.1 Å². The van der Waals surface area contributed by atoms with Crippen molar-refractivity contribution in [3.63, 3.8) is 0 Å². The van der Waals surface area contributed by atoms with Gasteiger partial charge in [-0.15, -0.1) is 0 Å². The Hall–Kier alpha value is -2.14. The van der Waals surface area contributed by atoms with E-state index < -0.39 is 0 Å². The van der Waals surface area contributed by atoms with Crippen molar-refractivity contribution in [3.05, 3.63) is 47.8 Å². The van der Waals surface area contributed by atoms with Crippen LogP contribution < -0.4 is 10.1 Å². The monoisotopic (exact) mass is 285 g/mol. The average molecular weight is 285 g/mol. The number of pyridine rings is 1. The quantitative estimate of drug-likeness (QED) is 0.795. The number of benzene rings is 1. The number of methoxy groups -OCH3 is 1. The summed E-state index contributed by atoms with van der Waals surface area (Å²) in [4.78, 5) is 8.93. The zero-order valence-electron chi connectivity index (χ0n) is 11.4. The van der Waals surface area contributed by atoms with Crippen LogP contribution in [0.4, 0.5) is 5.13 Å². The topological polar surface area (TPSA) is 47.0 Å². The van der Waals surface area contributed by atoms with Gasteiger partial charge in [0.1, 0.15) is 5.75 Å². The van der Waals surface area contributed by atoms with Crippen molar-refractivity contribution < 1.29 is 4.74 Å². The lowest BCUT2D eigenvalue weighted by Gasteiger charge is -2.04. The molecule has 0 aliphatic heterocycles. The number of hydrogen-bond donors (Lipinski definition) is 1. The van der Waals surface area contributed by atoms with Crippen LogP contribution in [0.25, 0.3) is 10.2 Å². The molecule has 102 valence electrons. The fourth-order valence-electron chi connectivity index (χ4n) is 1.97. The van der Waals surface area contributed by atoms with Crippen LogP contribution in [0.5, 0.6) is 5.75 Å². The fraction of sp³-hybridized carbons (Fsp3) is 0.200. The first-order valence-corrected chi connectivity index (χ1v) is 7.17. The largest absolute Gasteiger partial charge is 0.497 e. The van der Waals surface area contributed by atoms with Crippen LogP contribution in [0.15, 0.2) is 36.5 Å². The number of anilines is 1. The Kier molecular flexibility index (Phi) is 3.52. The smallest absolute Gasteiger partial charge is 0.184 e. The highest BCUT2D eigenvalue weighted by molar-refractivity contribution is 7.22. The normalized spacial score (nSPS) is 10.7. The molecule has 0 unspecified atom stereocenters. The van der Waals surface area contributed by atoms with E-state index in [1.165, 1.54) is 5.56 Å². The predicted octanol–water partition coefficient (Wildman–Crippen LogP) is 3.62. The number of thiazole rings is 1. The van der Waals surface area contributed by atoms with Gasteiger partial charge in [-0.3, -0.25) is 4.98 Å². The minimum Gasteiger partial charge on any atom is -0.497 e. The molecular formula is C15H15N3OS. The summed E-state index contributed by atoms with van der Waals surface area (Å²) in [5.41, 5.74) is 3.21. The molecule has 20 heavy (non-hydrogen) atoms. The van der Waals surface area contributed by atoms with Gasteiger partial charge in [0.2, 0.25) is 0 Å². The third-order valence-electron chi connectivity index (χ3n) is 3.12. The van der Waals surface area contributed by atoms with Gasteiger partial charge in [0, 0.05) is 6.20 Å². The van der Waals surface area contributed by atoms with Gasteiger partial charge >= 0.3 is 0 Å². The van der Waals surface area contributed by atoms with Crippen molar-refractivity contribution in [1.29, 1.82) is 0 Å². The summed E-state index contributed by atoms with van der Waals surface area (Å²) in [7, 11) is 1.67. The maximum atomic E-state index is 5.23. The number of nitrogens with zero attached hydrogens (tertiary/aromatic N) is 2. The van der Waals surface area contributed by atoms with E-state index in [0.717, 1.165) is 26.8 Å². The highest BCUT2D eigenvalue weighted by atomic mass is 32.1. The van der Waals surface area contributed by atoms with E-state index in [4.69, 9.17) is 4.74 Å². The zero-order valence-corrected chi connectivity index (χ0v) is 12.2. The summed E-state index contributed by atoms with van der Waals surface area (Å²) in [5, 5.41) is 4.23. The van der Waals surface area contributed by atoms with E-state index in [0.29, 0.717) is 6.54 Å². The van der Waals surface area contributed by atoms with Gasteiger partial charge in [0.05, 0.1) is 29.6 Å². The molecule has 2 aromatic heterocycles. The molecule has 4 nitrogen and oxygen atoms in total. The van der Waals surface area contributed by atoms with Gasteiger partial charge in [-0.05, 0) is 36.8 Å². The van der Waals surface area contributed by atoms with Crippen LogP contribution in [0.2, 0.25) is 0 Å². The molecule has 1 aromatic carbocycles. The zero-order chi connectivity index (χ0) is 13.9. The highest BCUT2D eigenvalue weighted by Gasteiger charge is 2.06. The van der Waals surface area contributed by atoms with Gasteiger partial charge < -0.3 is 10.1 Å². The van der Waals surface area contributed by atoms with Gasteiger partial charge in [-0.2, -0.15) is 0 Å². The second-order valence-corrected chi connectivity index (χ2v) is 5.50. The van der Waals surface area contributed by atoms with Gasteiger partial charge in [0.15, 0.2) is 5.13 Å². The molecule has 3 aromatic rings. The first kappa shape index (κ1) is 12.9. The number of nitrogens with one attached hydrogen (secondary N) is 1. The molecule has 0 spiro atoms. The average Bonchev–Trinajstić information content (AvgIpc) is 2.88. The molecule has 3 rings (SSSR count). The Morgan fingerprint density at radius 1 is 1.30 bits per heavy atom. The molecule has 1 N–H and O–H groups in total. The lowest BCUT2D eigenvalue weighted by molar-refractivity contribution is 0.415. The summed E-state index contributed by atoms with van der Waals surface area (Å²) >= 11 is 1.62. The maximum Gasteiger partial charge on any atom is 0.184 e. The van der Waals surface area contributed by atoms with Crippen molar-refractivity contribution in [2.24, 2.45) is 0 Å². The molecule has 0 aliphatic carbocycles. The number of fused-ring (bicyclic) bond motifs is 1. The third-order valence-corrected chi connectivity index (χ3v) is 4.10. The van der Waals surface area contributed by atoms with E-state index in [-0.39, 0.29) is 0 Å². The van der Waals surface area contributed by atoms with Gasteiger partial charge in [0.25, 0.3) is 0 Å². The standard InChI is InChI=1S/C15H15N3OS/c1-10-4-3-7-16-13(10)9-17-15-18-12-6-5-11(19-2)8-14(12)20-15/h3-8H,9H2,1-2H3,(H,17,18). The lowest BCUT2D eigenvalue weighted by Crippen LogP contribution is -2.02. The van der Waals surface area contributed by atoms with Crippen molar-refractivity contribution in [3.8, 4) is 5.75 Å². The number of aryl methyl sites for hydroxylation is 1. The van der Waals surface area contributed by atoms with Crippen LogP contribution in [0, 0.1) is 6.92 Å². The fourth-order valence-corrected chi connectivity index (χ4v) is 2.86. The Labute approximate surface area is 121 Å². The molecule has 0 bridgehead atoms. The van der Waals surface area contributed by atoms with E-state index in [1.807, 2.05) is 30.5 Å². The van der Waals surface area contributed by atoms with E-state index in [2.05, 4.69) is 28.3 Å². The molecule has 5 heteroatoms. The molecule has 0 aliphatic rings. The van der Waals surface area contributed by atoms with Crippen LogP contribution in [0.3, 0.4) is 0 Å². The SMILES string of the molecule is COc1ccc2nc(NCc3ncccc3C)sc2c1. The molecule has 0 fully saturated rings. The lowest BCUT2D eigenvalue weighted by atomic mass is 10.2. The highest BCUT2D eigenvalue weighted by Crippen LogP contribution is 2.29. The first-order chi connectivity index (χ1) is 9.76. The summed E-state index contributed by atoms with van der Waals surface area (Å²) in [6.07, 6.45) is 1.81. The van der Waals surface area contributed by atoms with Crippen molar-refractivity contribution in [1.82, 2.24) is 9.97 Å². The second kappa shape index (κ2) is 5.46. The summed E-state index contributed by atoms with van der Waals surface area (Å²) in [6, 6.07) is 9.91. The molecule has 0 radical (unpaired) electrons. The van der Waals surface area contributed by atoms with Crippen molar-refractivity contribution >= 4 is 26.7 Å². The Bertz CT molecular complexity index is 739. The molecule has 0 saturated carbocycles. The molecular weight excluding hydrogens is 270 g/mol. The number of rotatable bonds is 4. The molecule has 2 heterocycles. The third kappa shape index (κ3) is 2.58. The number of aromatic nitrogens is 2. The van der Waals surface area contributed by atoms with E-state index >= 15 is 0 Å². The Morgan fingerprint density at radius 3 is 3.00 bits per heavy atom. The van der Waals surface area contributed by atoms with E-state index in [9.17, 15) is 0 Å². The minimum atomic E-state index is 0.684. The summed E-state index contributed by atoms with van der Waals surface area (Å²) in [6.45, 7) is 2.75. The van der Waals surface area contributed by atoms with Crippen molar-refractivity contribution in [2.75, 3.05) is 12.4 Å². The maximum absolute atomic E-state index is 5.23. The van der Waals surface area contributed by atoms with Gasteiger partial charge in [-0.1, -0.05) is 17.4 Å². The van der Waals surface area contributed by atoms with Crippen molar-refractivity contribution in [2.45, 2.75) is 13.5 Å². The van der Waals surface area contributed by atoms with E-state index in [1.54, 1.807) is 18.4 Å². The number of ether oxygens (including phenoxy) is 1. The Balaban J connectivity index is 1.79. The van der Waals surface area contributed by atoms with Crippen LogP contribution >= 0.6 is 11.3 Å². The predicted molar refractivity (Wildman–Crippen MR) is 82.5 cm³/mol. The number of hydrogen-bond acceptors (Lipinski definition) is 5. The molecule has 0 atom stereocenters. The van der Waals surface area contributed by atoms with Crippen LogP contribution in [0.1, 0.15) is 11.3 Å². The second-order valence-electron chi connectivity index (χ2n) is 4.47. The summed E-state index contributed by atoms with van der Waals surface area (Å²) in [5.74, 6) is 0.855.